The van der Waals surface area contributed by atoms with Gasteiger partial charge < -0.3 is 5.73 Å². The number of nitrogens with one attached hydrogen (secondary N) is 1. The number of hydrogen-bond acceptors (Lipinski definition) is 4. The number of thiophene rings is 1. The molecular formula is C15H14N2O2S2. The van der Waals surface area contributed by atoms with E-state index in [2.05, 4.69) is 4.72 Å². The van der Waals surface area contributed by atoms with Gasteiger partial charge in [0.05, 0.1) is 0 Å². The Balaban J connectivity index is 2.14. The van der Waals surface area contributed by atoms with Gasteiger partial charge in [-0.05, 0) is 18.2 Å². The summed E-state index contributed by atoms with van der Waals surface area (Å²) in [4.78, 5) is 0.953. The van der Waals surface area contributed by atoms with E-state index in [-0.39, 0.29) is 11.4 Å². The van der Waals surface area contributed by atoms with Gasteiger partial charge in [0.15, 0.2) is 0 Å². The minimum absolute atomic E-state index is 0.199. The van der Waals surface area contributed by atoms with E-state index in [1.165, 1.54) is 11.3 Å². The first-order valence-corrected chi connectivity index (χ1v) is 8.70. The van der Waals surface area contributed by atoms with Crippen LogP contribution < -0.4 is 10.5 Å². The second kappa shape index (κ2) is 5.48. The lowest BCUT2D eigenvalue weighted by atomic mass is 10.2. The van der Waals surface area contributed by atoms with Crippen LogP contribution in [0.5, 0.6) is 0 Å². The lowest BCUT2D eigenvalue weighted by Gasteiger charge is -2.09. The lowest BCUT2D eigenvalue weighted by Crippen LogP contribution is -2.15. The summed E-state index contributed by atoms with van der Waals surface area (Å²) in [6.45, 7) is 0.199. The summed E-state index contributed by atoms with van der Waals surface area (Å²) in [5.41, 5.74) is 6.26. The Morgan fingerprint density at radius 2 is 1.67 bits per heavy atom. The molecule has 0 fully saturated rings. The number of anilines is 1. The van der Waals surface area contributed by atoms with Gasteiger partial charge in [-0.1, -0.05) is 36.4 Å². The molecule has 0 saturated heterocycles. The van der Waals surface area contributed by atoms with Gasteiger partial charge in [-0.15, -0.1) is 11.3 Å². The molecule has 0 amide bonds. The molecule has 0 bridgehead atoms. The number of fused-ring (bicyclic) bond motifs is 1. The minimum atomic E-state index is -3.66. The standard InChI is InChI=1S/C15H14N2O2S2/c16-10-14-15(12-8-4-5-9-13(12)20-14)21(18,19)17-11-6-2-1-3-7-11/h1-9,17H,10,16H2. The lowest BCUT2D eigenvalue weighted by molar-refractivity contribution is 0.601. The highest BCUT2D eigenvalue weighted by Gasteiger charge is 2.23. The largest absolute Gasteiger partial charge is 0.326 e. The molecule has 6 heteroatoms. The van der Waals surface area contributed by atoms with Crippen LogP contribution in [-0.2, 0) is 16.6 Å². The fourth-order valence-corrected chi connectivity index (χ4v) is 5.11. The van der Waals surface area contributed by atoms with E-state index in [1.54, 1.807) is 24.3 Å². The summed E-state index contributed by atoms with van der Waals surface area (Å²) in [5.74, 6) is 0. The molecule has 0 aliphatic heterocycles. The first-order valence-electron chi connectivity index (χ1n) is 6.40. The van der Waals surface area contributed by atoms with Crippen LogP contribution in [0.4, 0.5) is 5.69 Å². The number of benzene rings is 2. The summed E-state index contributed by atoms with van der Waals surface area (Å²) in [6.07, 6.45) is 0. The molecule has 0 saturated carbocycles. The Labute approximate surface area is 127 Å². The van der Waals surface area contributed by atoms with Crippen molar-refractivity contribution in [3.8, 4) is 0 Å². The molecule has 4 nitrogen and oxygen atoms in total. The van der Waals surface area contributed by atoms with Crippen LogP contribution in [0.25, 0.3) is 10.1 Å². The average Bonchev–Trinajstić information content (AvgIpc) is 2.87. The molecule has 2 aromatic carbocycles. The molecule has 108 valence electrons. The predicted molar refractivity (Wildman–Crippen MR) is 87.0 cm³/mol. The third-order valence-corrected chi connectivity index (χ3v) is 5.93. The van der Waals surface area contributed by atoms with Crippen LogP contribution >= 0.6 is 11.3 Å². The first kappa shape index (κ1) is 14.1. The highest BCUT2D eigenvalue weighted by molar-refractivity contribution is 7.93. The SMILES string of the molecule is NCc1sc2ccccc2c1S(=O)(=O)Nc1ccccc1. The van der Waals surface area contributed by atoms with E-state index >= 15 is 0 Å². The fourth-order valence-electron chi connectivity index (χ4n) is 2.21. The molecule has 3 rings (SSSR count). The van der Waals surface area contributed by atoms with Crippen molar-refractivity contribution in [2.24, 2.45) is 5.73 Å². The molecule has 21 heavy (non-hydrogen) atoms. The number of rotatable bonds is 4. The van der Waals surface area contributed by atoms with Gasteiger partial charge >= 0.3 is 0 Å². The molecule has 0 spiro atoms. The normalized spacial score (nSPS) is 11.7. The summed E-state index contributed by atoms with van der Waals surface area (Å²) >= 11 is 1.42. The molecule has 0 radical (unpaired) electrons. The summed E-state index contributed by atoms with van der Waals surface area (Å²) in [7, 11) is -3.66. The van der Waals surface area contributed by atoms with Crippen LogP contribution in [-0.4, -0.2) is 8.42 Å². The van der Waals surface area contributed by atoms with E-state index in [9.17, 15) is 8.42 Å². The van der Waals surface area contributed by atoms with Crippen LogP contribution in [0, 0.1) is 0 Å². The van der Waals surface area contributed by atoms with Crippen molar-refractivity contribution >= 4 is 37.1 Å². The maximum Gasteiger partial charge on any atom is 0.263 e. The third kappa shape index (κ3) is 2.65. The van der Waals surface area contributed by atoms with E-state index < -0.39 is 10.0 Å². The van der Waals surface area contributed by atoms with Crippen molar-refractivity contribution < 1.29 is 8.42 Å². The number of hydrogen-bond donors (Lipinski definition) is 2. The highest BCUT2D eigenvalue weighted by atomic mass is 32.2. The maximum atomic E-state index is 12.7. The molecule has 0 aliphatic carbocycles. The van der Waals surface area contributed by atoms with E-state index in [0.29, 0.717) is 16.0 Å². The minimum Gasteiger partial charge on any atom is -0.326 e. The predicted octanol–water partition coefficient (Wildman–Crippen LogP) is 3.16. The van der Waals surface area contributed by atoms with Crippen molar-refractivity contribution in [2.45, 2.75) is 11.4 Å². The Kier molecular flexibility index (Phi) is 3.67. The molecule has 1 heterocycles. The van der Waals surface area contributed by atoms with Crippen LogP contribution in [0.3, 0.4) is 0 Å². The molecule has 3 aromatic rings. The van der Waals surface area contributed by atoms with Gasteiger partial charge in [0.2, 0.25) is 0 Å². The first-order chi connectivity index (χ1) is 10.1. The summed E-state index contributed by atoms with van der Waals surface area (Å²) in [5, 5.41) is 0.714. The van der Waals surface area contributed by atoms with Gasteiger partial charge in [0, 0.05) is 27.2 Å². The molecule has 0 unspecified atom stereocenters. The Bertz CT molecular complexity index is 871. The topological polar surface area (TPSA) is 72.2 Å². The zero-order chi connectivity index (χ0) is 14.9. The molecule has 1 aromatic heterocycles. The summed E-state index contributed by atoms with van der Waals surface area (Å²) in [6, 6.07) is 16.3. The second-order valence-corrected chi connectivity index (χ2v) is 7.28. The smallest absolute Gasteiger partial charge is 0.263 e. The second-order valence-electron chi connectivity index (χ2n) is 4.53. The van der Waals surface area contributed by atoms with Gasteiger partial charge in [-0.25, -0.2) is 8.42 Å². The van der Waals surface area contributed by atoms with Gasteiger partial charge in [0.25, 0.3) is 10.0 Å². The van der Waals surface area contributed by atoms with Gasteiger partial charge in [0.1, 0.15) is 4.90 Å². The average molecular weight is 318 g/mol. The van der Waals surface area contributed by atoms with Crippen molar-refractivity contribution in [3.05, 3.63) is 59.5 Å². The quantitative estimate of drug-likeness (QED) is 0.776. The molecule has 0 aliphatic rings. The Morgan fingerprint density at radius 1 is 1.00 bits per heavy atom. The highest BCUT2D eigenvalue weighted by Crippen LogP contribution is 2.35. The third-order valence-electron chi connectivity index (χ3n) is 3.10. The molecular weight excluding hydrogens is 304 g/mol. The van der Waals surface area contributed by atoms with Crippen molar-refractivity contribution in [3.63, 3.8) is 0 Å². The Hall–Kier alpha value is -1.89. The number of para-hydroxylation sites is 1. The number of nitrogens with two attached hydrogens (primary N) is 1. The van der Waals surface area contributed by atoms with Crippen LogP contribution in [0.15, 0.2) is 59.5 Å². The zero-order valence-electron chi connectivity index (χ0n) is 11.1. The zero-order valence-corrected chi connectivity index (χ0v) is 12.7. The fraction of sp³-hybridized carbons (Fsp3) is 0.0667. The van der Waals surface area contributed by atoms with E-state index in [1.807, 2.05) is 30.3 Å². The monoisotopic (exact) mass is 318 g/mol. The maximum absolute atomic E-state index is 12.7. The van der Waals surface area contributed by atoms with Crippen molar-refractivity contribution in [1.29, 1.82) is 0 Å². The van der Waals surface area contributed by atoms with Gasteiger partial charge in [-0.2, -0.15) is 0 Å². The number of sulfonamides is 1. The summed E-state index contributed by atoms with van der Waals surface area (Å²) < 4.78 is 28.9. The van der Waals surface area contributed by atoms with Crippen LogP contribution in [0.1, 0.15) is 4.88 Å². The van der Waals surface area contributed by atoms with E-state index in [4.69, 9.17) is 5.73 Å². The van der Waals surface area contributed by atoms with Crippen LogP contribution in [0.2, 0.25) is 0 Å². The van der Waals surface area contributed by atoms with Crippen molar-refractivity contribution in [2.75, 3.05) is 4.72 Å². The van der Waals surface area contributed by atoms with Gasteiger partial charge in [-0.3, -0.25) is 4.72 Å². The molecule has 0 atom stereocenters. The van der Waals surface area contributed by atoms with E-state index in [0.717, 1.165) is 4.70 Å². The Morgan fingerprint density at radius 3 is 2.38 bits per heavy atom. The van der Waals surface area contributed by atoms with Crippen molar-refractivity contribution in [1.82, 2.24) is 0 Å². The molecule has 3 N–H and O–H groups in total.